The van der Waals surface area contributed by atoms with Crippen molar-refractivity contribution < 1.29 is 0 Å². The molecule has 0 spiro atoms. The van der Waals surface area contributed by atoms with Crippen molar-refractivity contribution in [1.29, 1.82) is 0 Å². The van der Waals surface area contributed by atoms with Gasteiger partial charge < -0.3 is 0 Å². The molecule has 0 aromatic carbocycles. The Hall–Kier alpha value is -1.46. The third-order valence-electron chi connectivity index (χ3n) is 3.27. The topological polar surface area (TPSA) is 68.2 Å². The van der Waals surface area contributed by atoms with Gasteiger partial charge in [0.15, 0.2) is 0 Å². The fourth-order valence-corrected chi connectivity index (χ4v) is 1.98. The number of nitrogens with one attached hydrogen (secondary N) is 1. The normalized spacial score (nSPS) is 15.0. The van der Waals surface area contributed by atoms with Crippen LogP contribution in [0.25, 0.3) is 5.52 Å². The number of fused-ring (bicyclic) bond motifs is 1. The molecule has 2 atom stereocenters. The molecule has 0 bridgehead atoms. The lowest BCUT2D eigenvalue weighted by Crippen LogP contribution is -2.29. The van der Waals surface area contributed by atoms with Gasteiger partial charge in [-0.25, -0.2) is 4.52 Å². The Morgan fingerprint density at radius 1 is 1.47 bits per heavy atom. The monoisotopic (exact) mass is 233 g/mol. The van der Waals surface area contributed by atoms with E-state index < -0.39 is 0 Å². The van der Waals surface area contributed by atoms with Crippen LogP contribution in [-0.2, 0) is 0 Å². The van der Waals surface area contributed by atoms with Crippen LogP contribution in [0.1, 0.15) is 38.3 Å². The van der Waals surface area contributed by atoms with E-state index in [9.17, 15) is 0 Å². The van der Waals surface area contributed by atoms with E-state index in [2.05, 4.69) is 29.4 Å². The molecule has 0 aliphatic heterocycles. The predicted molar refractivity (Wildman–Crippen MR) is 67.1 cm³/mol. The number of hydrogen-bond acceptors (Lipinski definition) is 4. The molecule has 0 saturated heterocycles. The Morgan fingerprint density at radius 3 is 3.00 bits per heavy atom. The van der Waals surface area contributed by atoms with E-state index in [1.54, 1.807) is 6.20 Å². The summed E-state index contributed by atoms with van der Waals surface area (Å²) in [7, 11) is 0. The minimum Gasteiger partial charge on any atom is -0.271 e. The van der Waals surface area contributed by atoms with Crippen LogP contribution in [0.4, 0.5) is 0 Å². The summed E-state index contributed by atoms with van der Waals surface area (Å²) >= 11 is 0. The van der Waals surface area contributed by atoms with Gasteiger partial charge >= 0.3 is 0 Å². The summed E-state index contributed by atoms with van der Waals surface area (Å²) in [6.45, 7) is 4.42. The highest BCUT2D eigenvalue weighted by Gasteiger charge is 2.17. The van der Waals surface area contributed by atoms with E-state index in [1.807, 2.05) is 23.1 Å². The molecule has 5 heteroatoms. The van der Waals surface area contributed by atoms with Crippen LogP contribution in [0, 0.1) is 5.92 Å². The zero-order valence-electron chi connectivity index (χ0n) is 10.3. The molecule has 0 aliphatic rings. The van der Waals surface area contributed by atoms with Gasteiger partial charge in [0.05, 0.1) is 24.0 Å². The molecule has 2 aromatic rings. The van der Waals surface area contributed by atoms with Crippen molar-refractivity contribution in [2.45, 2.75) is 32.7 Å². The van der Waals surface area contributed by atoms with Gasteiger partial charge in [-0.1, -0.05) is 20.3 Å². The number of hydrogen-bond donors (Lipinski definition) is 2. The standard InChI is InChI=1S/C12H19N5/c1-3-9(2)6-11(16-13)10-7-15-17-5-4-14-8-12(10)17/h4-5,7-9,11,16H,3,6,13H2,1-2H3. The fraction of sp³-hybridized carbons (Fsp3) is 0.500. The van der Waals surface area contributed by atoms with Crippen molar-refractivity contribution in [1.82, 2.24) is 20.0 Å². The zero-order valence-corrected chi connectivity index (χ0v) is 10.3. The summed E-state index contributed by atoms with van der Waals surface area (Å²) in [5.74, 6) is 6.28. The van der Waals surface area contributed by atoms with Crippen LogP contribution >= 0.6 is 0 Å². The maximum Gasteiger partial charge on any atom is 0.0893 e. The van der Waals surface area contributed by atoms with Gasteiger partial charge in [0, 0.05) is 18.0 Å². The van der Waals surface area contributed by atoms with Crippen LogP contribution in [0.2, 0.25) is 0 Å². The first-order chi connectivity index (χ1) is 8.26. The van der Waals surface area contributed by atoms with Crippen molar-refractivity contribution in [3.05, 3.63) is 30.4 Å². The SMILES string of the molecule is CCC(C)CC(NN)c1cnn2ccncc12. The minimum absolute atomic E-state index is 0.131. The van der Waals surface area contributed by atoms with Crippen molar-refractivity contribution in [3.63, 3.8) is 0 Å². The molecule has 5 nitrogen and oxygen atoms in total. The zero-order chi connectivity index (χ0) is 12.3. The van der Waals surface area contributed by atoms with Gasteiger partial charge in [-0.3, -0.25) is 16.3 Å². The highest BCUT2D eigenvalue weighted by atomic mass is 15.3. The fourth-order valence-electron chi connectivity index (χ4n) is 1.98. The van der Waals surface area contributed by atoms with Crippen LogP contribution < -0.4 is 11.3 Å². The first-order valence-electron chi connectivity index (χ1n) is 5.99. The molecule has 0 amide bonds. The molecule has 0 saturated carbocycles. The molecule has 2 heterocycles. The lowest BCUT2D eigenvalue weighted by molar-refractivity contribution is 0.409. The van der Waals surface area contributed by atoms with Crippen molar-refractivity contribution in [3.8, 4) is 0 Å². The molecule has 2 unspecified atom stereocenters. The van der Waals surface area contributed by atoms with E-state index in [-0.39, 0.29) is 6.04 Å². The molecule has 0 radical (unpaired) electrons. The van der Waals surface area contributed by atoms with Crippen molar-refractivity contribution >= 4 is 5.52 Å². The Kier molecular flexibility index (Phi) is 3.71. The summed E-state index contributed by atoms with van der Waals surface area (Å²) < 4.78 is 1.82. The van der Waals surface area contributed by atoms with Crippen LogP contribution in [-0.4, -0.2) is 14.6 Å². The van der Waals surface area contributed by atoms with Gasteiger partial charge in [-0.15, -0.1) is 0 Å². The number of hydrazine groups is 1. The molecule has 92 valence electrons. The van der Waals surface area contributed by atoms with Gasteiger partial charge in [0.25, 0.3) is 0 Å². The van der Waals surface area contributed by atoms with E-state index in [0.717, 1.165) is 23.9 Å². The Labute approximate surface area is 101 Å². The molecular weight excluding hydrogens is 214 g/mol. The van der Waals surface area contributed by atoms with E-state index >= 15 is 0 Å². The summed E-state index contributed by atoms with van der Waals surface area (Å²) in [4.78, 5) is 4.13. The minimum atomic E-state index is 0.131. The smallest absolute Gasteiger partial charge is 0.0893 e. The highest BCUT2D eigenvalue weighted by Crippen LogP contribution is 2.25. The number of aromatic nitrogens is 3. The van der Waals surface area contributed by atoms with E-state index in [4.69, 9.17) is 5.84 Å². The summed E-state index contributed by atoms with van der Waals surface area (Å²) in [6.07, 6.45) is 9.41. The van der Waals surface area contributed by atoms with Crippen LogP contribution in [0.15, 0.2) is 24.8 Å². The summed E-state index contributed by atoms with van der Waals surface area (Å²) in [5, 5.41) is 4.30. The number of rotatable bonds is 5. The second-order valence-electron chi connectivity index (χ2n) is 4.47. The second kappa shape index (κ2) is 5.25. The summed E-state index contributed by atoms with van der Waals surface area (Å²) in [5.41, 5.74) is 5.01. The molecule has 0 aliphatic carbocycles. The van der Waals surface area contributed by atoms with E-state index in [0.29, 0.717) is 5.92 Å². The quantitative estimate of drug-likeness (QED) is 0.609. The predicted octanol–water partition coefficient (Wildman–Crippen LogP) is 1.67. The lowest BCUT2D eigenvalue weighted by atomic mass is 9.95. The molecule has 3 N–H and O–H groups in total. The second-order valence-corrected chi connectivity index (χ2v) is 4.47. The number of nitrogens with two attached hydrogens (primary N) is 1. The third kappa shape index (κ3) is 2.45. The Bertz CT molecular complexity index is 478. The molecular formula is C12H19N5. The maximum absolute atomic E-state index is 5.65. The average Bonchev–Trinajstić information content (AvgIpc) is 2.79. The largest absolute Gasteiger partial charge is 0.271 e. The maximum atomic E-state index is 5.65. The first-order valence-corrected chi connectivity index (χ1v) is 5.99. The Morgan fingerprint density at radius 2 is 2.29 bits per heavy atom. The molecule has 2 aromatic heterocycles. The first kappa shape index (κ1) is 12.0. The summed E-state index contributed by atoms with van der Waals surface area (Å²) in [6, 6.07) is 0.131. The molecule has 0 fully saturated rings. The molecule has 17 heavy (non-hydrogen) atoms. The van der Waals surface area contributed by atoms with Crippen LogP contribution in [0.5, 0.6) is 0 Å². The van der Waals surface area contributed by atoms with Gasteiger partial charge in [-0.2, -0.15) is 5.10 Å². The Balaban J connectivity index is 2.30. The van der Waals surface area contributed by atoms with E-state index in [1.165, 1.54) is 0 Å². The highest BCUT2D eigenvalue weighted by molar-refractivity contribution is 5.53. The van der Waals surface area contributed by atoms with Gasteiger partial charge in [0.1, 0.15) is 0 Å². The molecule has 2 rings (SSSR count). The van der Waals surface area contributed by atoms with Crippen LogP contribution in [0.3, 0.4) is 0 Å². The third-order valence-corrected chi connectivity index (χ3v) is 3.27. The van der Waals surface area contributed by atoms with Crippen molar-refractivity contribution in [2.75, 3.05) is 0 Å². The number of nitrogens with zero attached hydrogens (tertiary/aromatic N) is 3. The van der Waals surface area contributed by atoms with Gasteiger partial charge in [0.2, 0.25) is 0 Å². The van der Waals surface area contributed by atoms with Crippen molar-refractivity contribution in [2.24, 2.45) is 11.8 Å². The lowest BCUT2D eigenvalue weighted by Gasteiger charge is -2.18. The average molecular weight is 233 g/mol. The van der Waals surface area contributed by atoms with Gasteiger partial charge in [-0.05, 0) is 12.3 Å².